The molecule has 1 aliphatic carbocycles. The van der Waals surface area contributed by atoms with Gasteiger partial charge in [0.15, 0.2) is 0 Å². The topological polar surface area (TPSA) is 3.24 Å². The smallest absolute Gasteiger partial charge is 0.0403 e. The van der Waals surface area contributed by atoms with Gasteiger partial charge in [0.2, 0.25) is 0 Å². The summed E-state index contributed by atoms with van der Waals surface area (Å²) in [6.45, 7) is 4.80. The number of fused-ring (bicyclic) bond motifs is 1. The Labute approximate surface area is 113 Å². The highest BCUT2D eigenvalue weighted by Crippen LogP contribution is 2.40. The van der Waals surface area contributed by atoms with E-state index in [1.54, 1.807) is 0 Å². The minimum atomic E-state index is 0.799. The molecule has 0 aromatic heterocycles. The molecule has 3 rings (SSSR count). The van der Waals surface area contributed by atoms with Crippen LogP contribution in [0.15, 0.2) is 42.5 Å². The molecule has 0 bridgehead atoms. The van der Waals surface area contributed by atoms with Gasteiger partial charge in [0.25, 0.3) is 0 Å². The summed E-state index contributed by atoms with van der Waals surface area (Å²) in [7, 11) is 1.08. The maximum atomic E-state index is 2.73. The fraction of sp³-hybridized carbons (Fsp3) is 0.500. The summed E-state index contributed by atoms with van der Waals surface area (Å²) in [5.41, 5.74) is 2.36. The molecule has 2 radical (unpaired) electrons. The third kappa shape index (κ3) is 2.32. The zero-order valence-corrected chi connectivity index (χ0v) is 12.0. The number of likely N-dealkylation sites (tertiary alicyclic amines) is 1. The molecule has 1 fully saturated rings. The summed E-state index contributed by atoms with van der Waals surface area (Å²) in [6, 6.07) is 11.7. The van der Waals surface area contributed by atoms with Gasteiger partial charge in [-0.15, -0.1) is 0 Å². The van der Waals surface area contributed by atoms with Crippen LogP contribution in [-0.2, 0) is 6.54 Å². The maximum Gasteiger partial charge on any atom is 0.0403 e. The average molecular weight is 255 g/mol. The third-order valence-electron chi connectivity index (χ3n) is 4.40. The van der Waals surface area contributed by atoms with E-state index in [-0.39, 0.29) is 0 Å². The first-order chi connectivity index (χ1) is 8.88. The van der Waals surface area contributed by atoms with Crippen molar-refractivity contribution in [3.8, 4) is 0 Å². The van der Waals surface area contributed by atoms with Crippen molar-refractivity contribution in [3.63, 3.8) is 0 Å². The van der Waals surface area contributed by atoms with Gasteiger partial charge in [-0.05, 0) is 36.4 Å². The van der Waals surface area contributed by atoms with Crippen molar-refractivity contribution in [2.75, 3.05) is 6.54 Å². The van der Waals surface area contributed by atoms with Gasteiger partial charge in [-0.25, -0.2) is 0 Å². The molecule has 1 nitrogen and oxygen atoms in total. The molecule has 0 saturated carbocycles. The minimum Gasteiger partial charge on any atom is -0.296 e. The van der Waals surface area contributed by atoms with Gasteiger partial charge in [-0.3, -0.25) is 4.90 Å². The second-order valence-corrected chi connectivity index (χ2v) is 6.78. The fourth-order valence-corrected chi connectivity index (χ4v) is 4.60. The van der Waals surface area contributed by atoms with Gasteiger partial charge in [0.1, 0.15) is 0 Å². The number of hydrogen-bond donors (Lipinski definition) is 0. The van der Waals surface area contributed by atoms with Gasteiger partial charge in [-0.2, -0.15) is 0 Å². The highest BCUT2D eigenvalue weighted by Gasteiger charge is 2.39. The van der Waals surface area contributed by atoms with E-state index >= 15 is 0 Å². The van der Waals surface area contributed by atoms with Crippen molar-refractivity contribution < 1.29 is 0 Å². The Morgan fingerprint density at radius 3 is 2.89 bits per heavy atom. The van der Waals surface area contributed by atoms with Crippen molar-refractivity contribution in [2.45, 2.75) is 37.5 Å². The lowest BCUT2D eigenvalue weighted by Crippen LogP contribution is -2.32. The predicted octanol–water partition coefficient (Wildman–Crippen LogP) is 3.38. The van der Waals surface area contributed by atoms with E-state index in [9.17, 15) is 0 Å². The van der Waals surface area contributed by atoms with E-state index in [1.165, 1.54) is 24.9 Å². The molecule has 0 N–H and O–H groups in total. The Balaban J connectivity index is 1.75. The Bertz CT molecular complexity index is 414. The molecule has 0 unspecified atom stereocenters. The Morgan fingerprint density at radius 1 is 1.28 bits per heavy atom. The average Bonchev–Trinajstić information content (AvgIpc) is 2.78. The molecule has 1 saturated heterocycles. The van der Waals surface area contributed by atoms with Gasteiger partial charge in [0.05, 0.1) is 0 Å². The lowest BCUT2D eigenvalue weighted by Gasteiger charge is -2.29. The van der Waals surface area contributed by atoms with Crippen LogP contribution in [0.4, 0.5) is 0 Å². The molecule has 0 amide bonds. The molecule has 3 atom stereocenters. The van der Waals surface area contributed by atoms with Crippen LogP contribution in [0.3, 0.4) is 0 Å². The summed E-state index contributed by atoms with van der Waals surface area (Å²) >= 11 is 0. The first-order valence-electron chi connectivity index (χ1n) is 7.00. The molecule has 1 aliphatic heterocycles. The summed E-state index contributed by atoms with van der Waals surface area (Å²) in [4.78, 5) is 2.73. The van der Waals surface area contributed by atoms with Crippen LogP contribution in [0, 0.1) is 5.92 Å². The van der Waals surface area contributed by atoms with Crippen LogP contribution in [-0.4, -0.2) is 27.0 Å². The van der Waals surface area contributed by atoms with Gasteiger partial charge < -0.3 is 0 Å². The van der Waals surface area contributed by atoms with Crippen LogP contribution >= 0.6 is 0 Å². The van der Waals surface area contributed by atoms with E-state index in [2.05, 4.69) is 53.9 Å². The largest absolute Gasteiger partial charge is 0.296 e. The molecule has 94 valence electrons. The van der Waals surface area contributed by atoms with Crippen LogP contribution in [0.25, 0.3) is 0 Å². The number of rotatable bonds is 3. The fourth-order valence-electron chi connectivity index (χ4n) is 3.46. The first kappa shape index (κ1) is 12.2. The van der Waals surface area contributed by atoms with E-state index in [0.29, 0.717) is 0 Å². The lowest BCUT2D eigenvalue weighted by atomic mass is 9.90. The van der Waals surface area contributed by atoms with Crippen LogP contribution in [0.5, 0.6) is 0 Å². The first-order valence-corrected chi connectivity index (χ1v) is 8.58. The number of allylic oxidation sites excluding steroid dienone is 1. The van der Waals surface area contributed by atoms with Crippen LogP contribution in [0.1, 0.15) is 18.4 Å². The van der Waals surface area contributed by atoms with Crippen molar-refractivity contribution in [3.05, 3.63) is 48.0 Å². The van der Waals surface area contributed by atoms with E-state index < -0.39 is 0 Å². The van der Waals surface area contributed by atoms with Crippen molar-refractivity contribution in [1.29, 1.82) is 0 Å². The quantitative estimate of drug-likeness (QED) is 0.591. The molecule has 1 heterocycles. The molecule has 1 aromatic carbocycles. The van der Waals surface area contributed by atoms with E-state index in [0.717, 1.165) is 33.6 Å². The standard InChI is InChI=1S/C16H21NSi/c1-18-16-12-17(11-13-7-3-2-4-8-13)15-10-6-5-9-14(15)16/h2-5,7-9,14-16H,6,10-12H2,1H3/t14-,15+,16+/m0/s1. The number of hydrogen-bond acceptors (Lipinski definition) is 1. The summed E-state index contributed by atoms with van der Waals surface area (Å²) < 4.78 is 0. The third-order valence-corrected chi connectivity index (χ3v) is 5.70. The van der Waals surface area contributed by atoms with E-state index in [4.69, 9.17) is 0 Å². The number of nitrogens with zero attached hydrogens (tertiary/aromatic N) is 1. The molecule has 1 aromatic rings. The molecular weight excluding hydrogens is 234 g/mol. The van der Waals surface area contributed by atoms with Crippen LogP contribution < -0.4 is 0 Å². The molecule has 2 aliphatic rings. The predicted molar refractivity (Wildman–Crippen MR) is 77.9 cm³/mol. The zero-order valence-electron chi connectivity index (χ0n) is 11.0. The summed E-state index contributed by atoms with van der Waals surface area (Å²) in [6.07, 6.45) is 7.53. The van der Waals surface area contributed by atoms with Gasteiger partial charge in [-0.1, -0.05) is 49.0 Å². The molecule has 18 heavy (non-hydrogen) atoms. The zero-order chi connectivity index (χ0) is 12.4. The monoisotopic (exact) mass is 255 g/mol. The highest BCUT2D eigenvalue weighted by atomic mass is 28.2. The molecular formula is C16H21NSi. The van der Waals surface area contributed by atoms with Gasteiger partial charge in [0, 0.05) is 22.1 Å². The second kappa shape index (κ2) is 5.41. The lowest BCUT2D eigenvalue weighted by molar-refractivity contribution is 0.215. The summed E-state index contributed by atoms with van der Waals surface area (Å²) in [5, 5.41) is 0. The Morgan fingerprint density at radius 2 is 2.11 bits per heavy atom. The molecule has 2 heteroatoms. The minimum absolute atomic E-state index is 0.799. The van der Waals surface area contributed by atoms with Crippen molar-refractivity contribution in [2.24, 2.45) is 5.92 Å². The van der Waals surface area contributed by atoms with Gasteiger partial charge >= 0.3 is 0 Å². The second-order valence-electron chi connectivity index (χ2n) is 5.46. The highest BCUT2D eigenvalue weighted by molar-refractivity contribution is 6.36. The molecule has 0 spiro atoms. The van der Waals surface area contributed by atoms with Crippen molar-refractivity contribution in [1.82, 2.24) is 4.90 Å². The SMILES string of the molecule is C[Si][C@@H]1CN(Cc2ccccc2)[C@@H]2CCC=C[C@@H]21. The normalized spacial score (nSPS) is 31.5. The summed E-state index contributed by atoms with van der Waals surface area (Å²) in [5.74, 6) is 0.825. The Hall–Kier alpha value is -0.863. The Kier molecular flexibility index (Phi) is 3.66. The number of benzene rings is 1. The van der Waals surface area contributed by atoms with Crippen LogP contribution in [0.2, 0.25) is 12.1 Å². The van der Waals surface area contributed by atoms with Crippen molar-refractivity contribution >= 4 is 9.52 Å². The maximum absolute atomic E-state index is 2.73. The van der Waals surface area contributed by atoms with E-state index in [1.807, 2.05) is 0 Å².